The molecule has 2 N–H and O–H groups in total. The zero-order valence-corrected chi connectivity index (χ0v) is 15.8. The van der Waals surface area contributed by atoms with Gasteiger partial charge in [0.05, 0.1) is 12.5 Å². The van der Waals surface area contributed by atoms with Gasteiger partial charge in [-0.25, -0.2) is 4.39 Å². The predicted molar refractivity (Wildman–Crippen MR) is 99.2 cm³/mol. The van der Waals surface area contributed by atoms with Crippen molar-refractivity contribution in [3.63, 3.8) is 0 Å². The second-order valence-corrected chi connectivity index (χ2v) is 7.27. The van der Waals surface area contributed by atoms with E-state index in [9.17, 15) is 14.0 Å². The first-order valence-electron chi connectivity index (χ1n) is 8.23. The van der Waals surface area contributed by atoms with Crippen LogP contribution in [0.25, 0.3) is 0 Å². The average molecular weight is 388 g/mol. The topological polar surface area (TPSA) is 61.4 Å². The summed E-state index contributed by atoms with van der Waals surface area (Å²) in [4.78, 5) is 26.2. The van der Waals surface area contributed by atoms with E-state index in [1.165, 1.54) is 6.07 Å². The fraction of sp³-hybridized carbons (Fsp3) is 0.529. The molecule has 25 heavy (non-hydrogen) atoms. The first-order valence-corrected chi connectivity index (χ1v) is 10.0. The Kier molecular flexibility index (Phi) is 7.99. The van der Waals surface area contributed by atoms with Crippen molar-refractivity contribution in [3.8, 4) is 0 Å². The van der Waals surface area contributed by atoms with Gasteiger partial charge in [-0.05, 0) is 30.6 Å². The van der Waals surface area contributed by atoms with E-state index >= 15 is 0 Å². The number of carbonyl (C=O) groups is 2. The summed E-state index contributed by atoms with van der Waals surface area (Å²) in [6.45, 7) is 1.80. The highest BCUT2D eigenvalue weighted by Gasteiger charge is 2.32. The molecule has 8 heteroatoms. The number of nitrogens with one attached hydrogen (secondary N) is 2. The van der Waals surface area contributed by atoms with Crippen LogP contribution in [0.15, 0.2) is 18.2 Å². The van der Waals surface area contributed by atoms with Crippen molar-refractivity contribution in [3.05, 3.63) is 34.6 Å². The Morgan fingerprint density at radius 1 is 1.52 bits per heavy atom. The lowest BCUT2D eigenvalue weighted by Gasteiger charge is -2.35. The molecule has 138 valence electrons. The van der Waals surface area contributed by atoms with E-state index in [4.69, 9.17) is 11.6 Å². The molecule has 1 unspecified atom stereocenters. The van der Waals surface area contributed by atoms with E-state index in [1.807, 2.05) is 11.2 Å². The maximum Gasteiger partial charge on any atom is 0.237 e. The number of nitrogens with zero attached hydrogens (tertiary/aromatic N) is 1. The summed E-state index contributed by atoms with van der Waals surface area (Å²) in [7, 11) is 0. The molecule has 1 heterocycles. The Bertz CT molecular complexity index is 597. The molecular formula is C17H23ClFN3O2S. The second-order valence-electron chi connectivity index (χ2n) is 5.88. The van der Waals surface area contributed by atoms with Gasteiger partial charge in [-0.2, -0.15) is 11.8 Å². The van der Waals surface area contributed by atoms with Crippen molar-refractivity contribution in [1.29, 1.82) is 0 Å². The van der Waals surface area contributed by atoms with Crippen LogP contribution in [0, 0.1) is 5.82 Å². The molecule has 2 amide bonds. The lowest BCUT2D eigenvalue weighted by atomic mass is 10.1. The average Bonchev–Trinajstić information content (AvgIpc) is 2.58. The van der Waals surface area contributed by atoms with E-state index in [1.54, 1.807) is 23.9 Å². The van der Waals surface area contributed by atoms with Crippen molar-refractivity contribution in [1.82, 2.24) is 15.5 Å². The number of piperazine rings is 1. The zero-order chi connectivity index (χ0) is 18.2. The number of rotatable bonds is 8. The largest absolute Gasteiger partial charge is 0.356 e. The van der Waals surface area contributed by atoms with Crippen molar-refractivity contribution < 1.29 is 14.0 Å². The van der Waals surface area contributed by atoms with Gasteiger partial charge in [-0.15, -0.1) is 0 Å². The Hall–Kier alpha value is -1.31. The number of benzene rings is 1. The third-order valence-electron chi connectivity index (χ3n) is 4.09. The Morgan fingerprint density at radius 3 is 3.04 bits per heavy atom. The van der Waals surface area contributed by atoms with Gasteiger partial charge in [0.2, 0.25) is 11.8 Å². The van der Waals surface area contributed by atoms with Crippen LogP contribution in [0.1, 0.15) is 18.4 Å². The minimum Gasteiger partial charge on any atom is -0.356 e. The van der Waals surface area contributed by atoms with E-state index in [0.29, 0.717) is 30.2 Å². The Morgan fingerprint density at radius 2 is 2.32 bits per heavy atom. The minimum atomic E-state index is -0.620. The maximum absolute atomic E-state index is 14.0. The zero-order valence-electron chi connectivity index (χ0n) is 14.2. The highest BCUT2D eigenvalue weighted by molar-refractivity contribution is 7.98. The van der Waals surface area contributed by atoms with Gasteiger partial charge in [0.1, 0.15) is 5.82 Å². The quantitative estimate of drug-likeness (QED) is 0.670. The molecule has 0 aromatic heterocycles. The lowest BCUT2D eigenvalue weighted by molar-refractivity contribution is -0.134. The molecule has 0 bridgehead atoms. The summed E-state index contributed by atoms with van der Waals surface area (Å²) in [5, 5.41) is 5.93. The highest BCUT2D eigenvalue weighted by Crippen LogP contribution is 2.23. The lowest BCUT2D eigenvalue weighted by Crippen LogP contribution is -2.56. The first kappa shape index (κ1) is 20.0. The molecule has 2 rings (SSSR count). The minimum absolute atomic E-state index is 0.0528. The summed E-state index contributed by atoms with van der Waals surface area (Å²) in [5.41, 5.74) is 0.351. The van der Waals surface area contributed by atoms with E-state index < -0.39 is 11.9 Å². The molecule has 1 atom stereocenters. The molecule has 0 radical (unpaired) electrons. The second kappa shape index (κ2) is 9.99. The Balaban J connectivity index is 2.00. The normalized spacial score (nSPS) is 18.0. The SMILES string of the molecule is CSCCCNC(=O)CC1C(=O)NCCN1Cc1c(F)cccc1Cl. The molecule has 0 aliphatic carbocycles. The summed E-state index contributed by atoms with van der Waals surface area (Å²) in [6, 6.07) is 3.89. The monoisotopic (exact) mass is 387 g/mol. The first-order chi connectivity index (χ1) is 12.0. The molecule has 5 nitrogen and oxygen atoms in total. The molecule has 1 aromatic rings. The van der Waals surface area contributed by atoms with Crippen LogP contribution in [-0.4, -0.2) is 54.4 Å². The summed E-state index contributed by atoms with van der Waals surface area (Å²) in [6.07, 6.45) is 2.95. The van der Waals surface area contributed by atoms with Crippen LogP contribution < -0.4 is 10.6 Å². The standard InChI is InChI=1S/C17H23ClFN3O2S/c1-25-9-3-6-20-16(23)10-15-17(24)21-7-8-22(15)11-12-13(18)4-2-5-14(12)19/h2,4-5,15H,3,6-11H2,1H3,(H,20,23)(H,21,24). The number of hydrogen-bond donors (Lipinski definition) is 2. The van der Waals surface area contributed by atoms with Crippen LogP contribution in [-0.2, 0) is 16.1 Å². The molecule has 0 spiro atoms. The van der Waals surface area contributed by atoms with Crippen LogP contribution >= 0.6 is 23.4 Å². The molecular weight excluding hydrogens is 365 g/mol. The van der Waals surface area contributed by atoms with Crippen LogP contribution in [0.2, 0.25) is 5.02 Å². The van der Waals surface area contributed by atoms with Crippen LogP contribution in [0.3, 0.4) is 0 Å². The van der Waals surface area contributed by atoms with Crippen LogP contribution in [0.5, 0.6) is 0 Å². The summed E-state index contributed by atoms with van der Waals surface area (Å²) < 4.78 is 14.0. The van der Waals surface area contributed by atoms with Crippen molar-refractivity contribution >= 4 is 35.2 Å². The van der Waals surface area contributed by atoms with Gasteiger partial charge < -0.3 is 10.6 Å². The van der Waals surface area contributed by atoms with Gasteiger partial charge in [0.25, 0.3) is 0 Å². The maximum atomic E-state index is 14.0. The number of thioether (sulfide) groups is 1. The fourth-order valence-corrected chi connectivity index (χ4v) is 3.41. The smallest absolute Gasteiger partial charge is 0.237 e. The predicted octanol–water partition coefficient (Wildman–Crippen LogP) is 2.04. The van der Waals surface area contributed by atoms with Gasteiger partial charge in [-0.3, -0.25) is 14.5 Å². The molecule has 1 aliphatic heterocycles. The molecule has 1 saturated heterocycles. The highest BCUT2D eigenvalue weighted by atomic mass is 35.5. The summed E-state index contributed by atoms with van der Waals surface area (Å²) >= 11 is 7.81. The Labute approximate surface area is 156 Å². The van der Waals surface area contributed by atoms with Gasteiger partial charge in [-0.1, -0.05) is 17.7 Å². The third-order valence-corrected chi connectivity index (χ3v) is 5.14. The third kappa shape index (κ3) is 5.87. The number of carbonyl (C=O) groups excluding carboxylic acids is 2. The van der Waals surface area contributed by atoms with E-state index in [-0.39, 0.29) is 24.8 Å². The molecule has 1 fully saturated rings. The molecule has 0 saturated carbocycles. The fourth-order valence-electron chi connectivity index (χ4n) is 2.75. The van der Waals surface area contributed by atoms with Gasteiger partial charge >= 0.3 is 0 Å². The number of hydrogen-bond acceptors (Lipinski definition) is 4. The van der Waals surface area contributed by atoms with Crippen molar-refractivity contribution in [2.75, 3.05) is 31.6 Å². The molecule has 1 aliphatic rings. The van der Waals surface area contributed by atoms with E-state index in [0.717, 1.165) is 12.2 Å². The molecule has 1 aromatic carbocycles. The van der Waals surface area contributed by atoms with Gasteiger partial charge in [0.15, 0.2) is 0 Å². The van der Waals surface area contributed by atoms with E-state index in [2.05, 4.69) is 10.6 Å². The van der Waals surface area contributed by atoms with Crippen molar-refractivity contribution in [2.24, 2.45) is 0 Å². The number of amides is 2. The van der Waals surface area contributed by atoms with Crippen LogP contribution in [0.4, 0.5) is 4.39 Å². The number of halogens is 2. The van der Waals surface area contributed by atoms with Gasteiger partial charge in [0, 0.05) is 36.8 Å². The summed E-state index contributed by atoms with van der Waals surface area (Å²) in [5.74, 6) is 0.187. The van der Waals surface area contributed by atoms with Crippen molar-refractivity contribution in [2.45, 2.75) is 25.4 Å².